The predicted molar refractivity (Wildman–Crippen MR) is 71.1 cm³/mol. The van der Waals surface area contributed by atoms with E-state index in [9.17, 15) is 4.79 Å². The Labute approximate surface area is 108 Å². The minimum atomic E-state index is -0.129. The van der Waals surface area contributed by atoms with E-state index in [2.05, 4.69) is 6.58 Å². The lowest BCUT2D eigenvalue weighted by atomic mass is 10.1. The van der Waals surface area contributed by atoms with Gasteiger partial charge in [-0.1, -0.05) is 36.4 Å². The van der Waals surface area contributed by atoms with Gasteiger partial charge in [0.05, 0.1) is 12.7 Å². The molecule has 0 saturated heterocycles. The van der Waals surface area contributed by atoms with Crippen LogP contribution < -0.4 is 0 Å². The van der Waals surface area contributed by atoms with E-state index in [-0.39, 0.29) is 18.7 Å². The summed E-state index contributed by atoms with van der Waals surface area (Å²) in [5.74, 6) is 0.116. The summed E-state index contributed by atoms with van der Waals surface area (Å²) in [5.41, 5.74) is 1.10. The highest BCUT2D eigenvalue weighted by Crippen LogP contribution is 2.07. The molecule has 1 aromatic rings. The number of hydrogen-bond acceptors (Lipinski definition) is 3. The Morgan fingerprint density at radius 2 is 2.11 bits per heavy atom. The second-order valence-corrected chi connectivity index (χ2v) is 4.17. The molecule has 0 saturated carbocycles. The minimum absolute atomic E-state index is 0.116. The van der Waals surface area contributed by atoms with E-state index >= 15 is 0 Å². The molecule has 3 nitrogen and oxygen atoms in total. The largest absolute Gasteiger partial charge is 0.351 e. The number of carbonyl (C=O) groups is 1. The molecule has 0 bridgehead atoms. The fourth-order valence-corrected chi connectivity index (χ4v) is 1.59. The summed E-state index contributed by atoms with van der Waals surface area (Å²) in [5, 5.41) is 0. The van der Waals surface area contributed by atoms with Gasteiger partial charge in [0, 0.05) is 6.42 Å². The zero-order chi connectivity index (χ0) is 13.2. The number of ketones is 1. The van der Waals surface area contributed by atoms with E-state index in [1.807, 2.05) is 30.3 Å². The first-order valence-corrected chi connectivity index (χ1v) is 6.06. The fraction of sp³-hybridized carbons (Fsp3) is 0.400. The van der Waals surface area contributed by atoms with E-state index in [1.54, 1.807) is 13.0 Å². The molecule has 0 amide bonds. The van der Waals surface area contributed by atoms with Crippen LogP contribution in [0.1, 0.15) is 25.3 Å². The van der Waals surface area contributed by atoms with E-state index in [0.717, 1.165) is 5.56 Å². The average Bonchev–Trinajstić information content (AvgIpc) is 2.35. The van der Waals surface area contributed by atoms with Gasteiger partial charge in [0.15, 0.2) is 0 Å². The highest BCUT2D eigenvalue weighted by atomic mass is 16.7. The maximum Gasteiger partial charge on any atom is 0.147 e. The third-order valence-corrected chi connectivity index (χ3v) is 2.44. The number of benzene rings is 1. The van der Waals surface area contributed by atoms with Gasteiger partial charge in [-0.05, 0) is 18.9 Å². The Morgan fingerprint density at radius 1 is 1.39 bits per heavy atom. The fourth-order valence-electron chi connectivity index (χ4n) is 1.59. The molecular formula is C15H20O3. The van der Waals surface area contributed by atoms with E-state index in [4.69, 9.17) is 9.47 Å². The zero-order valence-corrected chi connectivity index (χ0v) is 10.8. The Bertz CT molecular complexity index is 359. The number of carbonyl (C=O) groups excluding carboxylic acids is 1. The molecule has 18 heavy (non-hydrogen) atoms. The van der Waals surface area contributed by atoms with Gasteiger partial charge in [-0.25, -0.2) is 0 Å². The minimum Gasteiger partial charge on any atom is -0.351 e. The molecular weight excluding hydrogens is 228 g/mol. The summed E-state index contributed by atoms with van der Waals surface area (Å²) in [7, 11) is 0. The quantitative estimate of drug-likeness (QED) is 0.383. The SMILES string of the molecule is C=CC[C@@H](CC(C)=O)OCOCc1ccccc1. The second-order valence-electron chi connectivity index (χ2n) is 4.17. The van der Waals surface area contributed by atoms with Crippen molar-refractivity contribution in [3.05, 3.63) is 48.6 Å². The summed E-state index contributed by atoms with van der Waals surface area (Å²) in [6.45, 7) is 5.92. The normalized spacial score (nSPS) is 12.1. The topological polar surface area (TPSA) is 35.5 Å². The first-order chi connectivity index (χ1) is 8.72. The Kier molecular flexibility index (Phi) is 6.99. The van der Waals surface area contributed by atoms with Crippen LogP contribution in [0, 0.1) is 0 Å². The smallest absolute Gasteiger partial charge is 0.147 e. The van der Waals surface area contributed by atoms with Crippen molar-refractivity contribution in [3.8, 4) is 0 Å². The standard InChI is InChI=1S/C15H20O3/c1-3-7-15(10-13(2)16)18-12-17-11-14-8-5-4-6-9-14/h3-6,8-9,15H,1,7,10-12H2,2H3/t15-/m0/s1. The molecule has 1 rings (SSSR count). The summed E-state index contributed by atoms with van der Waals surface area (Å²) in [6, 6.07) is 9.90. The molecule has 0 aliphatic carbocycles. The number of rotatable bonds is 9. The number of Topliss-reactive ketones (excluding diaryl/α,β-unsaturated/α-hetero) is 1. The molecule has 3 heteroatoms. The van der Waals surface area contributed by atoms with Crippen LogP contribution in [-0.4, -0.2) is 18.7 Å². The summed E-state index contributed by atoms with van der Waals surface area (Å²) in [4.78, 5) is 11.0. The van der Waals surface area contributed by atoms with Crippen molar-refractivity contribution in [1.29, 1.82) is 0 Å². The van der Waals surface area contributed by atoms with Crippen LogP contribution in [0.15, 0.2) is 43.0 Å². The maximum atomic E-state index is 11.0. The molecule has 0 aromatic heterocycles. The van der Waals surface area contributed by atoms with Crippen molar-refractivity contribution in [2.45, 2.75) is 32.5 Å². The van der Waals surface area contributed by atoms with Crippen LogP contribution in [0.2, 0.25) is 0 Å². The molecule has 0 N–H and O–H groups in total. The van der Waals surface area contributed by atoms with E-state index in [1.165, 1.54) is 0 Å². The Balaban J connectivity index is 2.22. The van der Waals surface area contributed by atoms with Crippen molar-refractivity contribution in [3.63, 3.8) is 0 Å². The van der Waals surface area contributed by atoms with Gasteiger partial charge in [-0.2, -0.15) is 0 Å². The predicted octanol–water partition coefficient (Wildman–Crippen LogP) is 3.10. The molecule has 0 heterocycles. The van der Waals surface area contributed by atoms with Gasteiger partial charge in [-0.15, -0.1) is 6.58 Å². The van der Waals surface area contributed by atoms with Crippen LogP contribution in [-0.2, 0) is 20.9 Å². The molecule has 0 aliphatic rings. The summed E-state index contributed by atoms with van der Waals surface area (Å²) in [6.07, 6.45) is 2.69. The second kappa shape index (κ2) is 8.61. The summed E-state index contributed by atoms with van der Waals surface area (Å²) < 4.78 is 10.9. The molecule has 98 valence electrons. The molecule has 0 spiro atoms. The highest BCUT2D eigenvalue weighted by Gasteiger charge is 2.09. The zero-order valence-electron chi connectivity index (χ0n) is 10.8. The van der Waals surface area contributed by atoms with Crippen LogP contribution in [0.5, 0.6) is 0 Å². The van der Waals surface area contributed by atoms with Crippen LogP contribution in [0.25, 0.3) is 0 Å². The van der Waals surface area contributed by atoms with E-state index in [0.29, 0.717) is 19.4 Å². The number of ether oxygens (including phenoxy) is 2. The van der Waals surface area contributed by atoms with Crippen LogP contribution in [0.3, 0.4) is 0 Å². The third kappa shape index (κ3) is 6.33. The molecule has 0 unspecified atom stereocenters. The first kappa shape index (κ1) is 14.6. The van der Waals surface area contributed by atoms with Crippen molar-refractivity contribution in [1.82, 2.24) is 0 Å². The van der Waals surface area contributed by atoms with Crippen LogP contribution in [0.4, 0.5) is 0 Å². The third-order valence-electron chi connectivity index (χ3n) is 2.44. The van der Waals surface area contributed by atoms with Crippen molar-refractivity contribution >= 4 is 5.78 Å². The first-order valence-electron chi connectivity index (χ1n) is 6.06. The van der Waals surface area contributed by atoms with Crippen molar-refractivity contribution in [2.24, 2.45) is 0 Å². The van der Waals surface area contributed by atoms with Crippen molar-refractivity contribution < 1.29 is 14.3 Å². The van der Waals surface area contributed by atoms with Gasteiger partial charge in [0.25, 0.3) is 0 Å². The van der Waals surface area contributed by atoms with Gasteiger partial charge in [-0.3, -0.25) is 4.79 Å². The lowest BCUT2D eigenvalue weighted by molar-refractivity contribution is -0.126. The van der Waals surface area contributed by atoms with Gasteiger partial charge >= 0.3 is 0 Å². The van der Waals surface area contributed by atoms with E-state index < -0.39 is 0 Å². The van der Waals surface area contributed by atoms with Crippen LogP contribution >= 0.6 is 0 Å². The monoisotopic (exact) mass is 248 g/mol. The van der Waals surface area contributed by atoms with Gasteiger partial charge in [0.1, 0.15) is 12.6 Å². The van der Waals surface area contributed by atoms with Crippen molar-refractivity contribution in [2.75, 3.05) is 6.79 Å². The lowest BCUT2D eigenvalue weighted by Crippen LogP contribution is -2.17. The Morgan fingerprint density at radius 3 is 2.72 bits per heavy atom. The maximum absolute atomic E-state index is 11.0. The van der Waals surface area contributed by atoms with Gasteiger partial charge < -0.3 is 9.47 Å². The highest BCUT2D eigenvalue weighted by molar-refractivity contribution is 5.75. The number of hydrogen-bond donors (Lipinski definition) is 0. The lowest BCUT2D eigenvalue weighted by Gasteiger charge is -2.14. The molecule has 0 fully saturated rings. The molecule has 0 aliphatic heterocycles. The Hall–Kier alpha value is -1.45. The summed E-state index contributed by atoms with van der Waals surface area (Å²) >= 11 is 0. The molecule has 1 aromatic carbocycles. The average molecular weight is 248 g/mol. The molecule has 1 atom stereocenters. The van der Waals surface area contributed by atoms with Gasteiger partial charge in [0.2, 0.25) is 0 Å². The molecule has 0 radical (unpaired) electrons.